The van der Waals surface area contributed by atoms with Crippen LogP contribution in [0.5, 0.6) is 17.2 Å². The third kappa shape index (κ3) is 7.33. The topological polar surface area (TPSA) is 98.2 Å². The van der Waals surface area contributed by atoms with Gasteiger partial charge >= 0.3 is 0 Å². The van der Waals surface area contributed by atoms with Crippen LogP contribution in [0.2, 0.25) is 0 Å². The Hall–Kier alpha value is -4.33. The quantitative estimate of drug-likeness (QED) is 0.259. The fraction of sp³-hybridized carbons (Fsp3) is 0.222. The number of methoxy groups -OCH3 is 2. The van der Waals surface area contributed by atoms with E-state index in [4.69, 9.17) is 14.2 Å². The van der Waals surface area contributed by atoms with E-state index in [1.807, 2.05) is 31.2 Å². The molecule has 0 fully saturated rings. The van der Waals surface area contributed by atoms with Gasteiger partial charge in [0.05, 0.1) is 20.4 Å². The van der Waals surface area contributed by atoms with Crippen molar-refractivity contribution in [2.75, 3.05) is 19.5 Å². The van der Waals surface area contributed by atoms with Crippen LogP contribution in [0.25, 0.3) is 0 Å². The van der Waals surface area contributed by atoms with Crippen molar-refractivity contribution in [1.82, 2.24) is 5.43 Å². The van der Waals surface area contributed by atoms with Crippen molar-refractivity contribution in [3.63, 3.8) is 0 Å². The van der Waals surface area contributed by atoms with Crippen molar-refractivity contribution in [1.29, 1.82) is 0 Å². The lowest BCUT2D eigenvalue weighted by atomic mass is 10.1. The van der Waals surface area contributed by atoms with Crippen molar-refractivity contribution in [2.24, 2.45) is 11.0 Å². The molecule has 0 aromatic heterocycles. The molecule has 0 bridgehead atoms. The molecule has 0 radical (unpaired) electrons. The molecule has 3 rings (SSSR count). The third-order valence-electron chi connectivity index (χ3n) is 5.24. The molecular weight excluding hydrogens is 446 g/mol. The third-order valence-corrected chi connectivity index (χ3v) is 5.24. The van der Waals surface area contributed by atoms with Crippen LogP contribution in [0, 0.1) is 12.8 Å². The van der Waals surface area contributed by atoms with E-state index in [-0.39, 0.29) is 0 Å². The van der Waals surface area contributed by atoms with Gasteiger partial charge in [-0.15, -0.1) is 0 Å². The maximum Gasteiger partial charge on any atom is 0.252 e. The zero-order valence-electron chi connectivity index (χ0n) is 20.2. The second-order valence-electron chi connectivity index (χ2n) is 7.86. The van der Waals surface area contributed by atoms with Gasteiger partial charge in [-0.05, 0) is 67.4 Å². The van der Waals surface area contributed by atoms with Gasteiger partial charge < -0.3 is 19.5 Å². The van der Waals surface area contributed by atoms with Gasteiger partial charge in [-0.3, -0.25) is 9.59 Å². The summed E-state index contributed by atoms with van der Waals surface area (Å²) in [5, 5.41) is 6.66. The van der Waals surface area contributed by atoms with E-state index in [2.05, 4.69) is 15.8 Å². The average molecular weight is 476 g/mol. The predicted molar refractivity (Wildman–Crippen MR) is 135 cm³/mol. The minimum Gasteiger partial charge on any atom is -0.497 e. The van der Waals surface area contributed by atoms with Crippen molar-refractivity contribution in [3.05, 3.63) is 83.4 Å². The molecule has 8 nitrogen and oxygen atoms in total. The van der Waals surface area contributed by atoms with Crippen LogP contribution in [0.15, 0.2) is 71.8 Å². The Balaban J connectivity index is 1.53. The maximum absolute atomic E-state index is 12.4. The van der Waals surface area contributed by atoms with E-state index in [0.717, 1.165) is 5.56 Å². The highest BCUT2D eigenvalue weighted by Gasteiger charge is 2.21. The van der Waals surface area contributed by atoms with E-state index in [1.165, 1.54) is 18.7 Å². The molecule has 1 unspecified atom stereocenters. The fourth-order valence-electron chi connectivity index (χ4n) is 3.04. The number of ether oxygens (including phenoxy) is 3. The summed E-state index contributed by atoms with van der Waals surface area (Å²) in [6.45, 7) is 3.96. The first-order chi connectivity index (χ1) is 16.9. The van der Waals surface area contributed by atoms with Gasteiger partial charge in [-0.25, -0.2) is 5.43 Å². The van der Waals surface area contributed by atoms with E-state index in [0.29, 0.717) is 35.1 Å². The van der Waals surface area contributed by atoms with Crippen LogP contribution in [-0.2, 0) is 16.2 Å². The molecule has 2 N–H and O–H groups in total. The number of hydrogen-bond donors (Lipinski definition) is 2. The van der Waals surface area contributed by atoms with Crippen LogP contribution >= 0.6 is 0 Å². The summed E-state index contributed by atoms with van der Waals surface area (Å²) < 4.78 is 16.4. The van der Waals surface area contributed by atoms with Gasteiger partial charge in [0.15, 0.2) is 11.5 Å². The maximum atomic E-state index is 12.4. The molecule has 0 aliphatic carbocycles. The number of benzene rings is 3. The number of carbonyl (C=O) groups is 2. The zero-order valence-corrected chi connectivity index (χ0v) is 20.2. The first-order valence-electron chi connectivity index (χ1n) is 11.0. The second kappa shape index (κ2) is 12.2. The number of nitrogens with one attached hydrogen (secondary N) is 2. The monoisotopic (exact) mass is 475 g/mol. The molecular formula is C27H29N3O5. The predicted octanol–water partition coefficient (Wildman–Crippen LogP) is 4.32. The highest BCUT2D eigenvalue weighted by atomic mass is 16.5. The van der Waals surface area contributed by atoms with Gasteiger partial charge in [0.1, 0.15) is 18.3 Å². The standard InChI is InChI=1S/C27H29N3O5/c1-18-5-7-20(8-6-18)17-35-24-14-9-21(15-25(24)34-4)16-28-30-27(32)19(2)26(31)29-22-10-12-23(33-3)13-11-22/h5-16,19H,17H2,1-4H3,(H,29,31)(H,30,32). The Bertz CT molecular complexity index is 1170. The van der Waals surface area contributed by atoms with E-state index in [9.17, 15) is 9.59 Å². The average Bonchev–Trinajstić information content (AvgIpc) is 2.88. The van der Waals surface area contributed by atoms with E-state index in [1.54, 1.807) is 56.7 Å². The Morgan fingerprint density at radius 1 is 0.914 bits per heavy atom. The minimum absolute atomic E-state index is 0.413. The van der Waals surface area contributed by atoms with E-state index < -0.39 is 17.7 Å². The van der Waals surface area contributed by atoms with Crippen LogP contribution in [0.1, 0.15) is 23.6 Å². The highest BCUT2D eigenvalue weighted by molar-refractivity contribution is 6.06. The molecule has 0 saturated carbocycles. The number of carbonyl (C=O) groups excluding carboxylic acids is 2. The number of amides is 2. The number of rotatable bonds is 10. The molecule has 8 heteroatoms. The second-order valence-corrected chi connectivity index (χ2v) is 7.86. The molecule has 1 atom stereocenters. The van der Waals surface area contributed by atoms with Crippen LogP contribution < -0.4 is 25.0 Å². The largest absolute Gasteiger partial charge is 0.497 e. The molecule has 0 aliphatic heterocycles. The van der Waals surface area contributed by atoms with Crippen molar-refractivity contribution in [3.8, 4) is 17.2 Å². The number of aryl methyl sites for hydroxylation is 1. The number of hydrazone groups is 1. The van der Waals surface area contributed by atoms with Crippen LogP contribution in [-0.4, -0.2) is 32.2 Å². The SMILES string of the molecule is COc1ccc(NC(=O)C(C)C(=O)NN=Cc2ccc(OCc3ccc(C)cc3)c(OC)c2)cc1. The molecule has 2 amide bonds. The molecule has 3 aromatic carbocycles. The van der Waals surface area contributed by atoms with Crippen molar-refractivity contribution >= 4 is 23.7 Å². The van der Waals surface area contributed by atoms with Gasteiger partial charge in [0, 0.05) is 5.69 Å². The first kappa shape index (κ1) is 25.3. The lowest BCUT2D eigenvalue weighted by molar-refractivity contribution is -0.131. The number of nitrogens with zero attached hydrogens (tertiary/aromatic N) is 1. The molecule has 3 aromatic rings. The summed E-state index contributed by atoms with van der Waals surface area (Å²) >= 11 is 0. The molecule has 0 heterocycles. The molecule has 182 valence electrons. The summed E-state index contributed by atoms with van der Waals surface area (Å²) in [4.78, 5) is 24.7. The lowest BCUT2D eigenvalue weighted by Gasteiger charge is -2.12. The lowest BCUT2D eigenvalue weighted by Crippen LogP contribution is -2.34. The molecule has 0 aliphatic rings. The van der Waals surface area contributed by atoms with Gasteiger partial charge in [-0.2, -0.15) is 5.10 Å². The summed E-state index contributed by atoms with van der Waals surface area (Å²) in [5.74, 6) is -0.110. The van der Waals surface area contributed by atoms with Gasteiger partial charge in [-0.1, -0.05) is 29.8 Å². The van der Waals surface area contributed by atoms with Gasteiger partial charge in [0.25, 0.3) is 5.91 Å². The Morgan fingerprint density at radius 2 is 1.63 bits per heavy atom. The normalized spacial score (nSPS) is 11.5. The Kier molecular flexibility index (Phi) is 8.83. The smallest absolute Gasteiger partial charge is 0.252 e. The highest BCUT2D eigenvalue weighted by Crippen LogP contribution is 2.28. The summed E-state index contributed by atoms with van der Waals surface area (Å²) in [7, 11) is 3.12. The Labute approximate surface area is 204 Å². The number of anilines is 1. The molecule has 35 heavy (non-hydrogen) atoms. The molecule has 0 saturated heterocycles. The number of hydrogen-bond acceptors (Lipinski definition) is 6. The van der Waals surface area contributed by atoms with Gasteiger partial charge in [0.2, 0.25) is 5.91 Å². The van der Waals surface area contributed by atoms with Crippen molar-refractivity contribution in [2.45, 2.75) is 20.5 Å². The summed E-state index contributed by atoms with van der Waals surface area (Å²) in [5.41, 5.74) is 5.90. The summed E-state index contributed by atoms with van der Waals surface area (Å²) in [6.07, 6.45) is 1.47. The minimum atomic E-state index is -0.943. The van der Waals surface area contributed by atoms with Crippen molar-refractivity contribution < 1.29 is 23.8 Å². The summed E-state index contributed by atoms with van der Waals surface area (Å²) in [6, 6.07) is 20.3. The van der Waals surface area contributed by atoms with Crippen LogP contribution in [0.3, 0.4) is 0 Å². The zero-order chi connectivity index (χ0) is 25.2. The Morgan fingerprint density at radius 3 is 2.29 bits per heavy atom. The van der Waals surface area contributed by atoms with E-state index >= 15 is 0 Å². The first-order valence-corrected chi connectivity index (χ1v) is 11.0. The molecule has 0 spiro atoms. The van der Waals surface area contributed by atoms with Crippen LogP contribution in [0.4, 0.5) is 5.69 Å². The fourth-order valence-corrected chi connectivity index (χ4v) is 3.04.